The van der Waals surface area contributed by atoms with Crippen LogP contribution in [0, 0.1) is 13.8 Å². The number of ether oxygens (including phenoxy) is 1. The Morgan fingerprint density at radius 1 is 1.25 bits per heavy atom. The second-order valence-electron chi connectivity index (χ2n) is 5.25. The summed E-state index contributed by atoms with van der Waals surface area (Å²) in [6.45, 7) is 3.87. The molecule has 0 unspecified atom stereocenters. The van der Waals surface area contributed by atoms with Crippen molar-refractivity contribution in [3.63, 3.8) is 0 Å². The molecule has 0 bridgehead atoms. The highest BCUT2D eigenvalue weighted by atomic mass is 16.5. The van der Waals surface area contributed by atoms with Crippen LogP contribution in [0.25, 0.3) is 10.9 Å². The number of rotatable bonds is 2. The molecule has 0 atom stereocenters. The summed E-state index contributed by atoms with van der Waals surface area (Å²) in [6.07, 6.45) is 1.05. The second-order valence-corrected chi connectivity index (χ2v) is 5.25. The number of esters is 1. The molecule has 1 aliphatic rings. The Morgan fingerprint density at radius 2 is 2.04 bits per heavy atom. The minimum atomic E-state index is -0.637. The van der Waals surface area contributed by atoms with E-state index in [-0.39, 0.29) is 17.6 Å². The minimum Gasteiger partial charge on any atom is -0.466 e. The number of carbonyl (C=O) groups excluding carboxylic acids is 2. The Bertz CT molecular complexity index is 917. The maximum absolute atomic E-state index is 11.8. The van der Waals surface area contributed by atoms with Gasteiger partial charge in [-0.25, -0.2) is 14.8 Å². The summed E-state index contributed by atoms with van der Waals surface area (Å²) in [5, 5.41) is 6.16. The molecule has 1 aliphatic heterocycles. The van der Waals surface area contributed by atoms with Gasteiger partial charge in [-0.15, -0.1) is 0 Å². The lowest BCUT2D eigenvalue weighted by Gasteiger charge is -2.04. The van der Waals surface area contributed by atoms with Gasteiger partial charge in [0, 0.05) is 5.39 Å². The van der Waals surface area contributed by atoms with Crippen LogP contribution in [0.2, 0.25) is 0 Å². The Labute approximate surface area is 137 Å². The number of methoxy groups -OCH3 is 1. The highest BCUT2D eigenvalue weighted by Crippen LogP contribution is 2.20. The van der Waals surface area contributed by atoms with Crippen LogP contribution in [0.3, 0.4) is 0 Å². The molecule has 24 heavy (non-hydrogen) atoms. The zero-order valence-electron chi connectivity index (χ0n) is 13.4. The summed E-state index contributed by atoms with van der Waals surface area (Å²) < 4.78 is 4.49. The van der Waals surface area contributed by atoms with Crippen LogP contribution in [0.15, 0.2) is 35.0 Å². The number of guanidine groups is 1. The summed E-state index contributed by atoms with van der Waals surface area (Å²) in [7, 11) is 1.23. The monoisotopic (exact) mass is 325 g/mol. The van der Waals surface area contributed by atoms with Gasteiger partial charge in [-0.2, -0.15) is 4.99 Å². The van der Waals surface area contributed by atoms with E-state index in [0.29, 0.717) is 0 Å². The molecule has 122 valence electrons. The number of hydrogen-bond donors (Lipinski definition) is 2. The molecular formula is C16H15N5O3. The summed E-state index contributed by atoms with van der Waals surface area (Å²) in [5.74, 6) is -0.749. The zero-order valence-corrected chi connectivity index (χ0v) is 13.4. The zero-order chi connectivity index (χ0) is 17.3. The van der Waals surface area contributed by atoms with Crippen molar-refractivity contribution < 1.29 is 14.3 Å². The lowest BCUT2D eigenvalue weighted by atomic mass is 10.1. The number of fused-ring (bicyclic) bond motifs is 1. The molecule has 1 fully saturated rings. The fourth-order valence-electron chi connectivity index (χ4n) is 2.25. The lowest BCUT2D eigenvalue weighted by Crippen LogP contribution is -2.24. The minimum absolute atomic E-state index is 0.0498. The summed E-state index contributed by atoms with van der Waals surface area (Å²) in [4.78, 5) is 35.9. The van der Waals surface area contributed by atoms with Crippen LogP contribution in [0.1, 0.15) is 11.3 Å². The van der Waals surface area contributed by atoms with E-state index in [1.165, 1.54) is 7.11 Å². The van der Waals surface area contributed by atoms with Crippen molar-refractivity contribution in [1.82, 2.24) is 20.6 Å². The van der Waals surface area contributed by atoms with Crippen LogP contribution in [-0.4, -0.2) is 34.9 Å². The average Bonchev–Trinajstić information content (AvgIpc) is 2.87. The number of benzene rings is 1. The number of carbonyl (C=O) groups is 2. The number of nitrogens with zero attached hydrogens (tertiary/aromatic N) is 3. The van der Waals surface area contributed by atoms with E-state index in [4.69, 9.17) is 0 Å². The van der Waals surface area contributed by atoms with Gasteiger partial charge in [0.15, 0.2) is 0 Å². The molecule has 0 spiro atoms. The fourth-order valence-corrected chi connectivity index (χ4v) is 2.25. The number of nitrogens with one attached hydrogen (secondary N) is 2. The second kappa shape index (κ2) is 6.07. The average molecular weight is 325 g/mol. The SMILES string of the molecule is COC(=O)/C=C1\N/C(=N\c2nc(C)c3cc(C)ccc3n2)NC1=O. The molecule has 0 saturated carbocycles. The Balaban J connectivity index is 1.93. The van der Waals surface area contributed by atoms with Gasteiger partial charge >= 0.3 is 5.97 Å². The van der Waals surface area contributed by atoms with Crippen molar-refractivity contribution in [2.24, 2.45) is 4.99 Å². The van der Waals surface area contributed by atoms with Crippen molar-refractivity contribution in [2.45, 2.75) is 13.8 Å². The standard InChI is InChI=1S/C16H15N5O3/c1-8-4-5-11-10(6-8)9(2)17-15(18-11)21-16-19-12(14(23)20-16)7-13(22)24-3/h4-7H,1-3H3,(H2,17,18,19,20,21,23)/b12-7-. The highest BCUT2D eigenvalue weighted by Gasteiger charge is 2.23. The number of hydrogen-bond acceptors (Lipinski definition) is 6. The van der Waals surface area contributed by atoms with Gasteiger partial charge in [0.05, 0.1) is 24.4 Å². The lowest BCUT2D eigenvalue weighted by molar-refractivity contribution is -0.135. The van der Waals surface area contributed by atoms with Crippen molar-refractivity contribution in [2.75, 3.05) is 7.11 Å². The van der Waals surface area contributed by atoms with E-state index in [1.54, 1.807) is 0 Å². The Hall–Kier alpha value is -3.29. The first-order valence-electron chi connectivity index (χ1n) is 7.18. The van der Waals surface area contributed by atoms with Gasteiger partial charge < -0.3 is 10.1 Å². The molecule has 0 aliphatic carbocycles. The molecule has 2 heterocycles. The first kappa shape index (κ1) is 15.6. The van der Waals surface area contributed by atoms with E-state index >= 15 is 0 Å². The third kappa shape index (κ3) is 3.07. The summed E-state index contributed by atoms with van der Waals surface area (Å²) in [5.41, 5.74) is 2.73. The Morgan fingerprint density at radius 3 is 2.79 bits per heavy atom. The molecule has 1 amide bonds. The van der Waals surface area contributed by atoms with E-state index in [9.17, 15) is 9.59 Å². The number of amides is 1. The van der Waals surface area contributed by atoms with E-state index in [2.05, 4.69) is 30.3 Å². The van der Waals surface area contributed by atoms with Crippen molar-refractivity contribution in [3.05, 3.63) is 41.2 Å². The van der Waals surface area contributed by atoms with Crippen molar-refractivity contribution in [3.8, 4) is 0 Å². The van der Waals surface area contributed by atoms with Crippen LogP contribution in [0.4, 0.5) is 5.95 Å². The number of aliphatic imine (C=N–C) groups is 1. The molecule has 8 heteroatoms. The smallest absolute Gasteiger partial charge is 0.332 e. The summed E-state index contributed by atoms with van der Waals surface area (Å²) in [6, 6.07) is 5.86. The van der Waals surface area contributed by atoms with Crippen LogP contribution < -0.4 is 10.6 Å². The van der Waals surface area contributed by atoms with E-state index in [0.717, 1.165) is 28.2 Å². The van der Waals surface area contributed by atoms with Crippen LogP contribution in [0.5, 0.6) is 0 Å². The predicted octanol–water partition coefficient (Wildman–Crippen LogP) is 1.01. The molecule has 1 saturated heterocycles. The molecule has 1 aromatic heterocycles. The van der Waals surface area contributed by atoms with Crippen molar-refractivity contribution >= 4 is 34.7 Å². The third-order valence-corrected chi connectivity index (χ3v) is 3.43. The largest absolute Gasteiger partial charge is 0.466 e. The number of aryl methyl sites for hydroxylation is 2. The Kier molecular flexibility index (Phi) is 3.95. The molecule has 1 aromatic carbocycles. The van der Waals surface area contributed by atoms with Gasteiger partial charge in [-0.3, -0.25) is 10.1 Å². The van der Waals surface area contributed by atoms with Crippen LogP contribution in [-0.2, 0) is 14.3 Å². The topological polar surface area (TPSA) is 106 Å². The molecular weight excluding hydrogens is 310 g/mol. The quantitative estimate of drug-likeness (QED) is 0.630. The van der Waals surface area contributed by atoms with Gasteiger partial charge in [0.25, 0.3) is 11.9 Å². The fraction of sp³-hybridized carbons (Fsp3) is 0.188. The molecule has 8 nitrogen and oxygen atoms in total. The predicted molar refractivity (Wildman–Crippen MR) is 87.5 cm³/mol. The number of aromatic nitrogens is 2. The maximum Gasteiger partial charge on any atom is 0.332 e. The van der Waals surface area contributed by atoms with Crippen molar-refractivity contribution in [1.29, 1.82) is 0 Å². The van der Waals surface area contributed by atoms with E-state index in [1.807, 2.05) is 32.0 Å². The van der Waals surface area contributed by atoms with Gasteiger partial charge in [-0.05, 0) is 26.0 Å². The van der Waals surface area contributed by atoms with Gasteiger partial charge in [-0.1, -0.05) is 11.6 Å². The normalized spacial score (nSPS) is 17.2. The molecule has 2 N–H and O–H groups in total. The first-order valence-corrected chi connectivity index (χ1v) is 7.18. The first-order chi connectivity index (χ1) is 11.5. The third-order valence-electron chi connectivity index (χ3n) is 3.43. The molecule has 2 aromatic rings. The maximum atomic E-state index is 11.8. The summed E-state index contributed by atoms with van der Waals surface area (Å²) >= 11 is 0. The van der Waals surface area contributed by atoms with Crippen LogP contribution >= 0.6 is 0 Å². The van der Waals surface area contributed by atoms with Gasteiger partial charge in [0.1, 0.15) is 5.70 Å². The molecule has 3 rings (SSSR count). The molecule has 0 radical (unpaired) electrons. The highest BCUT2D eigenvalue weighted by molar-refractivity contribution is 6.15. The van der Waals surface area contributed by atoms with E-state index < -0.39 is 11.9 Å². The van der Waals surface area contributed by atoms with Gasteiger partial charge in [0.2, 0.25) is 5.96 Å².